The van der Waals surface area contributed by atoms with Gasteiger partial charge in [0.25, 0.3) is 0 Å². The zero-order valence-electron chi connectivity index (χ0n) is 15.2. The lowest BCUT2D eigenvalue weighted by Gasteiger charge is -2.16. The monoisotopic (exact) mass is 331 g/mol. The molecule has 0 unspecified atom stereocenters. The van der Waals surface area contributed by atoms with Gasteiger partial charge in [-0.1, -0.05) is 26.0 Å². The van der Waals surface area contributed by atoms with Gasteiger partial charge in [0.1, 0.15) is 0 Å². The van der Waals surface area contributed by atoms with E-state index in [0.29, 0.717) is 0 Å². The van der Waals surface area contributed by atoms with E-state index in [1.807, 2.05) is 18.2 Å². The zero-order valence-corrected chi connectivity index (χ0v) is 15.2. The van der Waals surface area contributed by atoms with Crippen molar-refractivity contribution in [3.63, 3.8) is 0 Å². The topological polar surface area (TPSA) is 52.7 Å². The highest BCUT2D eigenvalue weighted by Gasteiger charge is 2.25. The third-order valence-corrected chi connectivity index (χ3v) is 4.91. The zero-order chi connectivity index (χ0) is 17.7. The third-order valence-electron chi connectivity index (χ3n) is 4.91. The van der Waals surface area contributed by atoms with Crippen molar-refractivity contribution in [3.8, 4) is 0 Å². The Morgan fingerprint density at radius 2 is 1.92 bits per heavy atom. The van der Waals surface area contributed by atoms with Crippen LogP contribution in [-0.2, 0) is 16.0 Å². The van der Waals surface area contributed by atoms with Gasteiger partial charge in [-0.2, -0.15) is 0 Å². The summed E-state index contributed by atoms with van der Waals surface area (Å²) in [5, 5.41) is 2.86. The molecular formula is C19H29N3O2. The van der Waals surface area contributed by atoms with Crippen LogP contribution < -0.4 is 5.32 Å². The van der Waals surface area contributed by atoms with Gasteiger partial charge in [-0.25, -0.2) is 0 Å². The molecular weight excluding hydrogens is 302 g/mol. The van der Waals surface area contributed by atoms with E-state index in [1.54, 1.807) is 7.05 Å². The quantitative estimate of drug-likeness (QED) is 0.870. The van der Waals surface area contributed by atoms with Gasteiger partial charge in [0.05, 0.1) is 6.54 Å². The van der Waals surface area contributed by atoms with Crippen molar-refractivity contribution >= 4 is 17.5 Å². The highest BCUT2D eigenvalue weighted by atomic mass is 16.2. The van der Waals surface area contributed by atoms with Crippen LogP contribution in [0.4, 0.5) is 5.69 Å². The number of hydrogen-bond donors (Lipinski definition) is 1. The number of likely N-dealkylation sites (N-methyl/N-ethyl adjacent to an activating group) is 1. The third kappa shape index (κ3) is 5.34. The van der Waals surface area contributed by atoms with Crippen molar-refractivity contribution < 1.29 is 9.59 Å². The first-order valence-electron chi connectivity index (χ1n) is 8.68. The molecule has 2 atom stereocenters. The number of amides is 2. The Morgan fingerprint density at radius 1 is 1.25 bits per heavy atom. The maximum absolute atomic E-state index is 12.0. The molecule has 5 heteroatoms. The van der Waals surface area contributed by atoms with Crippen LogP contribution in [0.5, 0.6) is 0 Å². The normalized spacial score (nSPS) is 20.8. The minimum Gasteiger partial charge on any atom is -0.337 e. The summed E-state index contributed by atoms with van der Waals surface area (Å²) in [6.45, 7) is 9.57. The summed E-state index contributed by atoms with van der Waals surface area (Å²) in [6.07, 6.45) is 0.983. The van der Waals surface area contributed by atoms with E-state index < -0.39 is 0 Å². The second kappa shape index (κ2) is 8.29. The summed E-state index contributed by atoms with van der Waals surface area (Å²) in [6, 6.07) is 7.97. The number of nitrogens with one attached hydrogen (secondary N) is 1. The van der Waals surface area contributed by atoms with Gasteiger partial charge in [0, 0.05) is 39.3 Å². The molecule has 0 aromatic heterocycles. The largest absolute Gasteiger partial charge is 0.337 e. The molecule has 5 nitrogen and oxygen atoms in total. The Kier molecular flexibility index (Phi) is 6.37. The highest BCUT2D eigenvalue weighted by Crippen LogP contribution is 2.22. The molecule has 0 radical (unpaired) electrons. The van der Waals surface area contributed by atoms with Crippen molar-refractivity contribution in [2.24, 2.45) is 11.8 Å². The second-order valence-corrected chi connectivity index (χ2v) is 7.09. The summed E-state index contributed by atoms with van der Waals surface area (Å²) < 4.78 is 0. The Morgan fingerprint density at radius 3 is 2.54 bits per heavy atom. The van der Waals surface area contributed by atoms with E-state index in [9.17, 15) is 9.59 Å². The molecule has 2 amide bonds. The summed E-state index contributed by atoms with van der Waals surface area (Å²) in [5.41, 5.74) is 2.01. The van der Waals surface area contributed by atoms with E-state index in [4.69, 9.17) is 0 Å². The first kappa shape index (κ1) is 18.5. The number of hydrogen-bond acceptors (Lipinski definition) is 3. The summed E-state index contributed by atoms with van der Waals surface area (Å²) in [4.78, 5) is 27.1. The van der Waals surface area contributed by atoms with Gasteiger partial charge in [0.2, 0.25) is 11.8 Å². The molecule has 0 spiro atoms. The maximum Gasteiger partial charge on any atom is 0.243 e. The fourth-order valence-corrected chi connectivity index (χ4v) is 3.05. The number of likely N-dealkylation sites (tertiary alicyclic amines) is 1. The Bertz CT molecular complexity index is 578. The Labute approximate surface area is 145 Å². The van der Waals surface area contributed by atoms with Crippen molar-refractivity contribution in [1.29, 1.82) is 0 Å². The molecule has 1 aromatic carbocycles. The highest BCUT2D eigenvalue weighted by molar-refractivity contribution is 5.94. The van der Waals surface area contributed by atoms with Gasteiger partial charge in [-0.15, -0.1) is 0 Å². The minimum absolute atomic E-state index is 0.0725. The fraction of sp³-hybridized carbons (Fsp3) is 0.579. The summed E-state index contributed by atoms with van der Waals surface area (Å²) in [5.74, 6) is 1.25. The number of rotatable bonds is 6. The molecule has 24 heavy (non-hydrogen) atoms. The van der Waals surface area contributed by atoms with Crippen molar-refractivity contribution in [2.45, 2.75) is 27.2 Å². The predicted octanol–water partition coefficient (Wildman–Crippen LogP) is 2.23. The number of benzene rings is 1. The van der Waals surface area contributed by atoms with Crippen LogP contribution >= 0.6 is 0 Å². The van der Waals surface area contributed by atoms with Gasteiger partial charge < -0.3 is 15.1 Å². The van der Waals surface area contributed by atoms with Crippen LogP contribution in [0.3, 0.4) is 0 Å². The first-order chi connectivity index (χ1) is 11.3. The van der Waals surface area contributed by atoms with Crippen LogP contribution in [0, 0.1) is 11.8 Å². The van der Waals surface area contributed by atoms with Crippen LogP contribution in [-0.4, -0.2) is 54.8 Å². The van der Waals surface area contributed by atoms with Crippen LogP contribution in [0.15, 0.2) is 24.3 Å². The maximum atomic E-state index is 12.0. The molecule has 1 fully saturated rings. The molecule has 132 valence electrons. The lowest BCUT2D eigenvalue weighted by atomic mass is 10.0. The van der Waals surface area contributed by atoms with Gasteiger partial charge in [-0.3, -0.25) is 9.59 Å². The minimum atomic E-state index is -0.174. The molecule has 1 N–H and O–H groups in total. The number of carbonyl (C=O) groups is 2. The summed E-state index contributed by atoms with van der Waals surface area (Å²) >= 11 is 0. The number of nitrogens with zero attached hydrogens (tertiary/aromatic N) is 2. The van der Waals surface area contributed by atoms with Crippen molar-refractivity contribution in [3.05, 3.63) is 29.8 Å². The lowest BCUT2D eigenvalue weighted by molar-refractivity contribution is -0.131. The predicted molar refractivity (Wildman–Crippen MR) is 96.9 cm³/mol. The average molecular weight is 331 g/mol. The number of carbonyl (C=O) groups excluding carboxylic acids is 2. The van der Waals surface area contributed by atoms with E-state index in [1.165, 1.54) is 30.5 Å². The molecule has 1 aliphatic rings. The Hall–Kier alpha value is -1.88. The first-order valence-corrected chi connectivity index (χ1v) is 8.68. The summed E-state index contributed by atoms with van der Waals surface area (Å²) in [7, 11) is 1.62. The van der Waals surface area contributed by atoms with E-state index in [-0.39, 0.29) is 18.4 Å². The van der Waals surface area contributed by atoms with Gasteiger partial charge in [-0.05, 0) is 36.0 Å². The Balaban J connectivity index is 1.85. The molecule has 1 saturated heterocycles. The molecule has 1 aliphatic heterocycles. The number of anilines is 1. The van der Waals surface area contributed by atoms with Crippen LogP contribution in [0.25, 0.3) is 0 Å². The van der Waals surface area contributed by atoms with Crippen molar-refractivity contribution in [2.75, 3.05) is 38.5 Å². The second-order valence-electron chi connectivity index (χ2n) is 7.09. The molecule has 0 saturated carbocycles. The smallest absolute Gasteiger partial charge is 0.243 e. The van der Waals surface area contributed by atoms with E-state index in [0.717, 1.165) is 30.5 Å². The SMILES string of the molecule is CC(=O)N(C)CC(=O)Nc1cccc(CCN2C[C@@H](C)[C@@H](C)C2)c1. The molecule has 0 aliphatic carbocycles. The van der Waals surface area contributed by atoms with Crippen LogP contribution in [0.1, 0.15) is 26.3 Å². The molecule has 0 bridgehead atoms. The van der Waals surface area contributed by atoms with Crippen LogP contribution in [0.2, 0.25) is 0 Å². The molecule has 1 heterocycles. The van der Waals surface area contributed by atoms with Gasteiger partial charge >= 0.3 is 0 Å². The molecule has 1 aromatic rings. The lowest BCUT2D eigenvalue weighted by Crippen LogP contribution is -2.33. The standard InChI is InChI=1S/C19H29N3O2/c1-14-11-22(12-15(14)2)9-8-17-6-5-7-18(10-17)20-19(24)13-21(4)16(3)23/h5-7,10,14-15H,8-9,11-13H2,1-4H3,(H,20,24)/t14-,15+. The van der Waals surface area contributed by atoms with Gasteiger partial charge in [0.15, 0.2) is 0 Å². The fourth-order valence-electron chi connectivity index (χ4n) is 3.05. The van der Waals surface area contributed by atoms with E-state index >= 15 is 0 Å². The average Bonchev–Trinajstić information content (AvgIpc) is 2.84. The van der Waals surface area contributed by atoms with Crippen molar-refractivity contribution in [1.82, 2.24) is 9.80 Å². The van der Waals surface area contributed by atoms with E-state index in [2.05, 4.69) is 30.1 Å². The molecule has 2 rings (SSSR count).